The molecule has 0 atom stereocenters. The third kappa shape index (κ3) is 2.90. The summed E-state index contributed by atoms with van der Waals surface area (Å²) in [6, 6.07) is 7.19. The molecule has 1 aromatic carbocycles. The fraction of sp³-hybridized carbons (Fsp3) is 0.133. The largest absolute Gasteiger partial charge is 0.416 e. The van der Waals surface area contributed by atoms with Crippen molar-refractivity contribution in [3.8, 4) is 0 Å². The van der Waals surface area contributed by atoms with Crippen LogP contribution < -0.4 is 0 Å². The minimum absolute atomic E-state index is 0.517. The van der Waals surface area contributed by atoms with Crippen LogP contribution in [0.2, 0.25) is 0 Å². The number of aromatic nitrogens is 2. The van der Waals surface area contributed by atoms with E-state index in [1.54, 1.807) is 12.4 Å². The Balaban J connectivity index is 1.92. The summed E-state index contributed by atoms with van der Waals surface area (Å²) in [5.74, 6) is 0. The van der Waals surface area contributed by atoms with E-state index in [9.17, 15) is 13.2 Å². The zero-order valence-electron chi connectivity index (χ0n) is 10.7. The Morgan fingerprint density at radius 2 is 1.81 bits per heavy atom. The van der Waals surface area contributed by atoms with Crippen LogP contribution in [0.15, 0.2) is 48.9 Å². The molecule has 2 heterocycles. The summed E-state index contributed by atoms with van der Waals surface area (Å²) in [5, 5.41) is 1.09. The molecule has 0 amide bonds. The molecular weight excluding hydrogens is 392 g/mol. The van der Waals surface area contributed by atoms with Crippen LogP contribution in [0.4, 0.5) is 13.2 Å². The van der Waals surface area contributed by atoms with Crippen molar-refractivity contribution in [2.75, 3.05) is 0 Å². The number of benzene rings is 1. The first-order chi connectivity index (χ1) is 9.95. The first-order valence-corrected chi connectivity index (χ1v) is 7.27. The fourth-order valence-electron chi connectivity index (χ4n) is 2.22. The maximum absolute atomic E-state index is 12.5. The van der Waals surface area contributed by atoms with E-state index >= 15 is 0 Å². The Morgan fingerprint density at radius 3 is 2.48 bits per heavy atom. The molecule has 0 spiro atoms. The number of pyridine rings is 1. The molecule has 0 aliphatic heterocycles. The standard InChI is InChI=1S/C15H10F3IN2/c16-15(17,18)11-3-1-10(2-4-11)8-21-9-13(19)12-5-6-20-7-14(12)21/h1-7,9H,8H2. The zero-order valence-corrected chi connectivity index (χ0v) is 12.9. The van der Waals surface area contributed by atoms with E-state index in [-0.39, 0.29) is 0 Å². The molecular formula is C15H10F3IN2. The molecule has 0 bridgehead atoms. The lowest BCUT2D eigenvalue weighted by Gasteiger charge is -2.09. The predicted molar refractivity (Wildman–Crippen MR) is 83.0 cm³/mol. The first-order valence-electron chi connectivity index (χ1n) is 6.19. The number of hydrogen-bond acceptors (Lipinski definition) is 1. The van der Waals surface area contributed by atoms with E-state index in [0.29, 0.717) is 6.54 Å². The fourth-order valence-corrected chi connectivity index (χ4v) is 3.01. The van der Waals surface area contributed by atoms with Crippen LogP contribution in [0.3, 0.4) is 0 Å². The number of rotatable bonds is 2. The lowest BCUT2D eigenvalue weighted by Crippen LogP contribution is -2.05. The molecule has 3 rings (SSSR count). The minimum Gasteiger partial charge on any atom is -0.341 e. The Labute approximate surface area is 132 Å². The van der Waals surface area contributed by atoms with E-state index < -0.39 is 11.7 Å². The average molecular weight is 402 g/mol. The summed E-state index contributed by atoms with van der Waals surface area (Å²) < 4.78 is 40.7. The Kier molecular flexibility index (Phi) is 3.64. The highest BCUT2D eigenvalue weighted by Crippen LogP contribution is 2.29. The highest BCUT2D eigenvalue weighted by atomic mass is 127. The highest BCUT2D eigenvalue weighted by molar-refractivity contribution is 14.1. The summed E-state index contributed by atoms with van der Waals surface area (Å²) in [6.07, 6.45) is 1.18. The summed E-state index contributed by atoms with van der Waals surface area (Å²) >= 11 is 2.24. The SMILES string of the molecule is FC(F)(F)c1ccc(Cn2cc(I)c3ccncc32)cc1. The minimum atomic E-state index is -4.29. The van der Waals surface area contributed by atoms with Gasteiger partial charge >= 0.3 is 6.18 Å². The van der Waals surface area contributed by atoms with E-state index in [0.717, 1.165) is 32.2 Å². The van der Waals surface area contributed by atoms with Crippen LogP contribution in [-0.2, 0) is 12.7 Å². The van der Waals surface area contributed by atoms with Crippen LogP contribution in [0.25, 0.3) is 10.9 Å². The van der Waals surface area contributed by atoms with Crippen molar-refractivity contribution in [1.82, 2.24) is 9.55 Å². The maximum atomic E-state index is 12.5. The molecule has 0 unspecified atom stereocenters. The second-order valence-corrected chi connectivity index (χ2v) is 5.85. The van der Waals surface area contributed by atoms with Gasteiger partial charge in [-0.25, -0.2) is 0 Å². The molecule has 3 aromatic rings. The molecule has 2 aromatic heterocycles. The third-order valence-electron chi connectivity index (χ3n) is 3.27. The number of alkyl halides is 3. The van der Waals surface area contributed by atoms with Gasteiger partial charge in [0.05, 0.1) is 17.3 Å². The van der Waals surface area contributed by atoms with Gasteiger partial charge in [0.1, 0.15) is 0 Å². The molecule has 0 fully saturated rings. The summed E-state index contributed by atoms with van der Waals surface area (Å²) in [7, 11) is 0. The molecule has 2 nitrogen and oxygen atoms in total. The van der Waals surface area contributed by atoms with Gasteiger partial charge in [0.15, 0.2) is 0 Å². The molecule has 0 saturated carbocycles. The van der Waals surface area contributed by atoms with Gasteiger partial charge in [0.25, 0.3) is 0 Å². The number of hydrogen-bond donors (Lipinski definition) is 0. The molecule has 6 heteroatoms. The van der Waals surface area contributed by atoms with E-state index in [1.165, 1.54) is 12.1 Å². The molecule has 0 radical (unpaired) electrons. The molecule has 108 valence electrons. The van der Waals surface area contributed by atoms with E-state index in [4.69, 9.17) is 0 Å². The van der Waals surface area contributed by atoms with Crippen molar-refractivity contribution in [3.63, 3.8) is 0 Å². The summed E-state index contributed by atoms with van der Waals surface area (Å²) in [6.45, 7) is 0.517. The van der Waals surface area contributed by atoms with Gasteiger partial charge < -0.3 is 4.57 Å². The highest BCUT2D eigenvalue weighted by Gasteiger charge is 2.29. The predicted octanol–water partition coefficient (Wildman–Crippen LogP) is 4.71. The third-order valence-corrected chi connectivity index (χ3v) is 4.13. The van der Waals surface area contributed by atoms with Crippen molar-refractivity contribution in [1.29, 1.82) is 0 Å². The van der Waals surface area contributed by atoms with Gasteiger partial charge in [-0.3, -0.25) is 4.98 Å². The van der Waals surface area contributed by atoms with Gasteiger partial charge in [-0.15, -0.1) is 0 Å². The Bertz CT molecular complexity index is 776. The molecule has 0 aliphatic carbocycles. The molecule has 0 N–H and O–H groups in total. The van der Waals surface area contributed by atoms with Gasteiger partial charge in [-0.2, -0.15) is 13.2 Å². The van der Waals surface area contributed by atoms with Crippen LogP contribution >= 0.6 is 22.6 Å². The monoisotopic (exact) mass is 402 g/mol. The van der Waals surface area contributed by atoms with Crippen molar-refractivity contribution in [2.24, 2.45) is 0 Å². The van der Waals surface area contributed by atoms with Crippen LogP contribution in [0, 0.1) is 3.57 Å². The van der Waals surface area contributed by atoms with Crippen molar-refractivity contribution in [3.05, 3.63) is 63.6 Å². The number of halogens is 4. The summed E-state index contributed by atoms with van der Waals surface area (Å²) in [5.41, 5.74) is 1.17. The average Bonchev–Trinajstić information content (AvgIpc) is 2.76. The number of fused-ring (bicyclic) bond motifs is 1. The van der Waals surface area contributed by atoms with Crippen LogP contribution in [0.1, 0.15) is 11.1 Å². The normalized spacial score (nSPS) is 12.0. The van der Waals surface area contributed by atoms with Crippen molar-refractivity contribution < 1.29 is 13.2 Å². The smallest absolute Gasteiger partial charge is 0.341 e. The molecule has 21 heavy (non-hydrogen) atoms. The van der Waals surface area contributed by atoms with Crippen LogP contribution in [0.5, 0.6) is 0 Å². The van der Waals surface area contributed by atoms with Gasteiger partial charge in [0, 0.05) is 27.9 Å². The zero-order chi connectivity index (χ0) is 15.0. The number of nitrogens with zero attached hydrogens (tertiary/aromatic N) is 2. The first kappa shape index (κ1) is 14.4. The van der Waals surface area contributed by atoms with E-state index in [1.807, 2.05) is 16.8 Å². The Morgan fingerprint density at radius 1 is 1.10 bits per heavy atom. The maximum Gasteiger partial charge on any atom is 0.416 e. The molecule has 0 saturated heterocycles. The lowest BCUT2D eigenvalue weighted by molar-refractivity contribution is -0.137. The van der Waals surface area contributed by atoms with Gasteiger partial charge in [0.2, 0.25) is 0 Å². The lowest BCUT2D eigenvalue weighted by atomic mass is 10.1. The quantitative estimate of drug-likeness (QED) is 0.568. The molecule has 0 aliphatic rings. The van der Waals surface area contributed by atoms with Crippen molar-refractivity contribution in [2.45, 2.75) is 12.7 Å². The van der Waals surface area contributed by atoms with Crippen LogP contribution in [-0.4, -0.2) is 9.55 Å². The van der Waals surface area contributed by atoms with E-state index in [2.05, 4.69) is 27.6 Å². The second kappa shape index (κ2) is 5.32. The van der Waals surface area contributed by atoms with Crippen molar-refractivity contribution >= 4 is 33.5 Å². The second-order valence-electron chi connectivity index (χ2n) is 4.69. The van der Waals surface area contributed by atoms with Gasteiger partial charge in [-0.1, -0.05) is 12.1 Å². The van der Waals surface area contributed by atoms with Gasteiger partial charge in [-0.05, 0) is 46.4 Å². The topological polar surface area (TPSA) is 17.8 Å². The summed E-state index contributed by atoms with van der Waals surface area (Å²) in [4.78, 5) is 4.10. The Hall–Kier alpha value is -1.57.